The van der Waals surface area contributed by atoms with Crippen LogP contribution in [0.25, 0.3) is 11.4 Å². The summed E-state index contributed by atoms with van der Waals surface area (Å²) in [4.78, 5) is 21.6. The topological polar surface area (TPSA) is 89.7 Å². The molecule has 3 heterocycles. The summed E-state index contributed by atoms with van der Waals surface area (Å²) in [6, 6.07) is 2.34. The van der Waals surface area contributed by atoms with E-state index in [4.69, 9.17) is 0 Å². The molecule has 7 nitrogen and oxygen atoms in total. The highest BCUT2D eigenvalue weighted by Crippen LogP contribution is 2.16. The van der Waals surface area contributed by atoms with Crippen LogP contribution in [0.3, 0.4) is 0 Å². The predicted octanol–water partition coefficient (Wildman–Crippen LogP) is 0.655. The van der Waals surface area contributed by atoms with Gasteiger partial charge in [0.15, 0.2) is 11.3 Å². The van der Waals surface area contributed by atoms with Crippen molar-refractivity contribution in [3.8, 4) is 11.4 Å². The van der Waals surface area contributed by atoms with Crippen LogP contribution in [0.5, 0.6) is 0 Å². The van der Waals surface area contributed by atoms with Gasteiger partial charge in [-0.15, -0.1) is 5.10 Å². The molecular weight excluding hydrogens is 268 g/mol. The highest BCUT2D eigenvalue weighted by atomic mass is 16.1. The van der Waals surface area contributed by atoms with Gasteiger partial charge in [0.25, 0.3) is 0 Å². The first-order valence-electron chi connectivity index (χ1n) is 7.16. The maximum atomic E-state index is 12.0. The molecule has 2 aromatic rings. The monoisotopic (exact) mass is 288 g/mol. The van der Waals surface area contributed by atoms with Gasteiger partial charge in [-0.05, 0) is 20.8 Å². The van der Waals surface area contributed by atoms with E-state index in [-0.39, 0.29) is 5.43 Å². The van der Waals surface area contributed by atoms with Gasteiger partial charge >= 0.3 is 0 Å². The van der Waals surface area contributed by atoms with E-state index in [9.17, 15) is 4.79 Å². The number of aromatic nitrogens is 4. The van der Waals surface area contributed by atoms with E-state index in [1.165, 1.54) is 0 Å². The molecule has 0 radical (unpaired) electrons. The highest BCUT2D eigenvalue weighted by Gasteiger charge is 2.24. The van der Waals surface area contributed by atoms with Gasteiger partial charge in [-0.2, -0.15) is 4.98 Å². The second-order valence-corrected chi connectivity index (χ2v) is 5.75. The molecule has 0 amide bonds. The van der Waals surface area contributed by atoms with Crippen molar-refractivity contribution in [2.24, 2.45) is 0 Å². The summed E-state index contributed by atoms with van der Waals surface area (Å²) in [6.45, 7) is 7.83. The molecular formula is C14H20N6O. The van der Waals surface area contributed by atoms with Crippen LogP contribution in [0.4, 0.5) is 5.95 Å². The van der Waals surface area contributed by atoms with E-state index < -0.39 is 0 Å². The zero-order chi connectivity index (χ0) is 15.0. The van der Waals surface area contributed by atoms with E-state index in [0.29, 0.717) is 29.4 Å². The summed E-state index contributed by atoms with van der Waals surface area (Å²) in [5.41, 5.74) is 1.28. The first-order chi connectivity index (χ1) is 10.0. The number of piperazine rings is 1. The minimum absolute atomic E-state index is 0.0593. The average Bonchev–Trinajstić information content (AvgIpc) is 2.87. The molecule has 112 valence electrons. The average molecular weight is 288 g/mol. The lowest BCUT2D eigenvalue weighted by atomic mass is 10.1. The number of hydrogen-bond acceptors (Lipinski definition) is 5. The zero-order valence-electron chi connectivity index (χ0n) is 12.5. The minimum atomic E-state index is -0.0593. The Morgan fingerprint density at radius 2 is 2.00 bits per heavy atom. The Kier molecular flexibility index (Phi) is 3.50. The lowest BCUT2D eigenvalue weighted by Gasteiger charge is -2.35. The molecule has 1 saturated heterocycles. The molecule has 1 aliphatic heterocycles. The molecule has 1 fully saturated rings. The van der Waals surface area contributed by atoms with Gasteiger partial charge in [0.1, 0.15) is 0 Å². The van der Waals surface area contributed by atoms with Crippen LogP contribution in [-0.2, 0) is 0 Å². The summed E-state index contributed by atoms with van der Waals surface area (Å²) in [7, 11) is 0. The summed E-state index contributed by atoms with van der Waals surface area (Å²) in [5, 5.41) is 10.6. The molecule has 21 heavy (non-hydrogen) atoms. The summed E-state index contributed by atoms with van der Waals surface area (Å²) in [6.07, 6.45) is 1.67. The molecule has 1 aliphatic rings. The molecule has 2 aromatic heterocycles. The third-order valence-electron chi connectivity index (χ3n) is 3.63. The number of pyridine rings is 1. The van der Waals surface area contributed by atoms with E-state index >= 15 is 0 Å². The van der Waals surface area contributed by atoms with E-state index in [1.54, 1.807) is 12.3 Å². The summed E-state index contributed by atoms with van der Waals surface area (Å²) < 4.78 is 0. The molecule has 0 aliphatic carbocycles. The van der Waals surface area contributed by atoms with Gasteiger partial charge < -0.3 is 15.2 Å². The van der Waals surface area contributed by atoms with Crippen LogP contribution in [0.1, 0.15) is 19.5 Å². The Balaban J connectivity index is 1.88. The van der Waals surface area contributed by atoms with E-state index in [0.717, 1.165) is 18.8 Å². The van der Waals surface area contributed by atoms with Crippen LogP contribution in [0.15, 0.2) is 17.1 Å². The third-order valence-corrected chi connectivity index (χ3v) is 3.63. The summed E-state index contributed by atoms with van der Waals surface area (Å²) in [5.74, 6) is 1.15. The summed E-state index contributed by atoms with van der Waals surface area (Å²) >= 11 is 0. The fraction of sp³-hybridized carbons (Fsp3) is 0.500. The van der Waals surface area contributed by atoms with Gasteiger partial charge in [-0.25, -0.2) is 0 Å². The van der Waals surface area contributed by atoms with E-state index in [2.05, 4.69) is 44.2 Å². The largest absolute Gasteiger partial charge is 0.364 e. The van der Waals surface area contributed by atoms with Crippen LogP contribution in [0.2, 0.25) is 0 Å². The van der Waals surface area contributed by atoms with Crippen molar-refractivity contribution in [2.75, 3.05) is 18.0 Å². The first-order valence-corrected chi connectivity index (χ1v) is 7.16. The van der Waals surface area contributed by atoms with Crippen LogP contribution in [-0.4, -0.2) is 45.3 Å². The molecule has 2 atom stereocenters. The SMILES string of the molecule is Cc1cc(=O)c(-c2nc(N3CC(C)NC(C)C3)n[nH]2)c[nH]1. The Labute approximate surface area is 122 Å². The Hall–Kier alpha value is -2.15. The standard InChI is InChI=1S/C14H20N6O/c1-8-4-12(21)11(5-15-8)13-17-14(19-18-13)20-6-9(2)16-10(3)7-20/h4-5,9-10,16H,6-7H2,1-3H3,(H,15,21)(H,17,18,19). The van der Waals surface area contributed by atoms with Gasteiger partial charge in [-0.3, -0.25) is 9.89 Å². The highest BCUT2D eigenvalue weighted by molar-refractivity contribution is 5.55. The molecule has 0 bridgehead atoms. The lowest BCUT2D eigenvalue weighted by molar-refractivity contribution is 0.403. The minimum Gasteiger partial charge on any atom is -0.364 e. The predicted molar refractivity (Wildman–Crippen MR) is 81.4 cm³/mol. The maximum Gasteiger partial charge on any atom is 0.245 e. The quantitative estimate of drug-likeness (QED) is 0.755. The Morgan fingerprint density at radius 1 is 1.29 bits per heavy atom. The second-order valence-electron chi connectivity index (χ2n) is 5.75. The fourth-order valence-corrected chi connectivity index (χ4v) is 2.76. The molecule has 3 rings (SSSR count). The normalized spacial score (nSPS) is 22.5. The van der Waals surface area contributed by atoms with Gasteiger partial charge in [-0.1, -0.05) is 0 Å². The van der Waals surface area contributed by atoms with Crippen molar-refractivity contribution in [1.82, 2.24) is 25.5 Å². The van der Waals surface area contributed by atoms with Crippen LogP contribution in [0, 0.1) is 6.92 Å². The maximum absolute atomic E-state index is 12.0. The Bertz CT molecular complexity index is 681. The number of anilines is 1. The number of hydrogen-bond donors (Lipinski definition) is 3. The number of nitrogens with one attached hydrogen (secondary N) is 3. The van der Waals surface area contributed by atoms with Crippen molar-refractivity contribution in [1.29, 1.82) is 0 Å². The molecule has 0 aromatic carbocycles. The molecule has 0 spiro atoms. The lowest BCUT2D eigenvalue weighted by Crippen LogP contribution is -2.54. The van der Waals surface area contributed by atoms with Crippen molar-refractivity contribution in [3.05, 3.63) is 28.2 Å². The smallest absolute Gasteiger partial charge is 0.245 e. The zero-order valence-corrected chi connectivity index (χ0v) is 12.5. The van der Waals surface area contributed by atoms with Crippen molar-refractivity contribution >= 4 is 5.95 Å². The number of H-pyrrole nitrogens is 2. The van der Waals surface area contributed by atoms with Crippen molar-refractivity contribution < 1.29 is 0 Å². The molecule has 3 N–H and O–H groups in total. The molecule has 7 heteroatoms. The van der Waals surface area contributed by atoms with Crippen molar-refractivity contribution in [2.45, 2.75) is 32.9 Å². The Morgan fingerprint density at radius 3 is 2.67 bits per heavy atom. The number of nitrogens with zero attached hydrogens (tertiary/aromatic N) is 3. The number of rotatable bonds is 2. The van der Waals surface area contributed by atoms with E-state index in [1.807, 2.05) is 6.92 Å². The van der Waals surface area contributed by atoms with Crippen LogP contribution >= 0.6 is 0 Å². The third kappa shape index (κ3) is 2.82. The number of aryl methyl sites for hydroxylation is 1. The fourth-order valence-electron chi connectivity index (χ4n) is 2.76. The van der Waals surface area contributed by atoms with Crippen LogP contribution < -0.4 is 15.6 Å². The second kappa shape index (κ2) is 5.33. The number of aromatic amines is 2. The van der Waals surface area contributed by atoms with Gasteiger partial charge in [0.2, 0.25) is 5.95 Å². The van der Waals surface area contributed by atoms with Crippen molar-refractivity contribution in [3.63, 3.8) is 0 Å². The van der Waals surface area contributed by atoms with Gasteiger partial charge in [0.05, 0.1) is 5.56 Å². The first kappa shape index (κ1) is 13.8. The molecule has 2 unspecified atom stereocenters. The van der Waals surface area contributed by atoms with Gasteiger partial charge in [0, 0.05) is 43.1 Å². The molecule has 0 saturated carbocycles.